The van der Waals surface area contributed by atoms with Crippen molar-refractivity contribution in [3.8, 4) is 6.07 Å². The summed E-state index contributed by atoms with van der Waals surface area (Å²) < 4.78 is 0. The van der Waals surface area contributed by atoms with E-state index in [1.54, 1.807) is 12.1 Å². The molecule has 24 heavy (non-hydrogen) atoms. The Bertz CT molecular complexity index is 705. The minimum Gasteiger partial charge on any atom is -0.334 e. The second-order valence-corrected chi connectivity index (χ2v) is 7.39. The predicted molar refractivity (Wildman–Crippen MR) is 97.0 cm³/mol. The molecule has 2 rings (SSSR count). The van der Waals surface area contributed by atoms with Crippen molar-refractivity contribution in [2.75, 3.05) is 6.54 Å². The van der Waals surface area contributed by atoms with Crippen LogP contribution in [0.3, 0.4) is 0 Å². The van der Waals surface area contributed by atoms with E-state index in [0.717, 1.165) is 5.56 Å². The zero-order valence-corrected chi connectivity index (χ0v) is 15.0. The second kappa shape index (κ2) is 7.05. The van der Waals surface area contributed by atoms with E-state index in [-0.39, 0.29) is 17.2 Å². The molecule has 2 unspecified atom stereocenters. The molecule has 2 atom stereocenters. The van der Waals surface area contributed by atoms with E-state index < -0.39 is 0 Å². The maximum Gasteiger partial charge on any atom is 0.227 e. The third-order valence-corrected chi connectivity index (χ3v) is 4.78. The lowest BCUT2D eigenvalue weighted by atomic mass is 10.1. The number of carbonyl (C=O) groups excluding carboxylic acids is 1. The molecular formula is C21H26N2O. The zero-order valence-electron chi connectivity index (χ0n) is 15.0. The number of nitrogens with zero attached hydrogens (tertiary/aromatic N) is 2. The Labute approximate surface area is 145 Å². The van der Waals surface area contributed by atoms with Crippen LogP contribution in [-0.2, 0) is 11.3 Å². The average Bonchev–Trinajstić information content (AvgIpc) is 3.06. The lowest BCUT2D eigenvalue weighted by molar-refractivity contribution is -0.133. The number of benzene rings is 1. The molecule has 0 saturated heterocycles. The van der Waals surface area contributed by atoms with E-state index in [4.69, 9.17) is 5.26 Å². The fourth-order valence-electron chi connectivity index (χ4n) is 3.36. The molecule has 1 aromatic rings. The third-order valence-electron chi connectivity index (χ3n) is 4.78. The van der Waals surface area contributed by atoms with Gasteiger partial charge in [0.25, 0.3) is 0 Å². The van der Waals surface area contributed by atoms with E-state index in [1.165, 1.54) is 5.57 Å². The molecule has 0 heterocycles. The van der Waals surface area contributed by atoms with Crippen LogP contribution in [0.1, 0.15) is 38.8 Å². The van der Waals surface area contributed by atoms with E-state index in [9.17, 15) is 4.79 Å². The molecule has 0 radical (unpaired) electrons. The fraction of sp³-hybridized carbons (Fsp3) is 0.429. The van der Waals surface area contributed by atoms with E-state index in [0.29, 0.717) is 24.6 Å². The highest BCUT2D eigenvalue weighted by molar-refractivity contribution is 5.84. The summed E-state index contributed by atoms with van der Waals surface area (Å²) >= 11 is 0. The van der Waals surface area contributed by atoms with Gasteiger partial charge in [0, 0.05) is 13.1 Å². The highest BCUT2D eigenvalue weighted by Gasteiger charge is 2.61. The summed E-state index contributed by atoms with van der Waals surface area (Å²) in [6, 6.07) is 9.58. The van der Waals surface area contributed by atoms with Crippen LogP contribution in [0.2, 0.25) is 0 Å². The Kier molecular flexibility index (Phi) is 5.29. The number of hydrogen-bond acceptors (Lipinski definition) is 2. The van der Waals surface area contributed by atoms with Gasteiger partial charge >= 0.3 is 0 Å². The van der Waals surface area contributed by atoms with Gasteiger partial charge in [-0.1, -0.05) is 43.7 Å². The maximum absolute atomic E-state index is 13.0. The van der Waals surface area contributed by atoms with E-state index >= 15 is 0 Å². The maximum atomic E-state index is 13.0. The highest BCUT2D eigenvalue weighted by atomic mass is 16.2. The molecule has 0 spiro atoms. The molecule has 1 aliphatic rings. The Hall–Kier alpha value is -2.34. The Morgan fingerprint density at radius 3 is 2.71 bits per heavy atom. The average molecular weight is 322 g/mol. The summed E-state index contributed by atoms with van der Waals surface area (Å²) in [4.78, 5) is 14.9. The number of amides is 1. The lowest BCUT2D eigenvalue weighted by Gasteiger charge is -2.22. The Morgan fingerprint density at radius 2 is 2.12 bits per heavy atom. The number of allylic oxidation sites excluding steroid dienone is 2. The van der Waals surface area contributed by atoms with Gasteiger partial charge in [-0.25, -0.2) is 0 Å². The van der Waals surface area contributed by atoms with Crippen molar-refractivity contribution < 1.29 is 4.79 Å². The van der Waals surface area contributed by atoms with Crippen LogP contribution in [0.15, 0.2) is 48.6 Å². The van der Waals surface area contributed by atoms with E-state index in [1.807, 2.05) is 23.1 Å². The molecule has 1 fully saturated rings. The van der Waals surface area contributed by atoms with Crippen LogP contribution >= 0.6 is 0 Å². The molecule has 0 aliphatic heterocycles. The smallest absolute Gasteiger partial charge is 0.227 e. The zero-order chi connectivity index (χ0) is 17.9. The number of hydrogen-bond donors (Lipinski definition) is 0. The Morgan fingerprint density at radius 1 is 1.42 bits per heavy atom. The van der Waals surface area contributed by atoms with Crippen molar-refractivity contribution in [1.82, 2.24) is 4.90 Å². The van der Waals surface area contributed by atoms with Crippen LogP contribution in [0, 0.1) is 28.6 Å². The first-order valence-corrected chi connectivity index (χ1v) is 8.35. The normalized spacial score (nSPS) is 20.6. The molecule has 0 aromatic heterocycles. The lowest BCUT2D eigenvalue weighted by Crippen LogP contribution is -2.33. The molecular weight excluding hydrogens is 296 g/mol. The standard InChI is InChI=1S/C21H26N2O/c1-6-10-23(14-17-9-7-8-16(12-17)13-22)20(24)19-18(11-15(2)3)21(19,4)5/h6-9,11-12,18-19H,1,10,14H2,2-5H3. The van der Waals surface area contributed by atoms with Crippen molar-refractivity contribution in [3.63, 3.8) is 0 Å². The van der Waals surface area contributed by atoms with Gasteiger partial charge in [0.15, 0.2) is 0 Å². The van der Waals surface area contributed by atoms with Crippen LogP contribution in [0.5, 0.6) is 0 Å². The molecule has 0 N–H and O–H groups in total. The molecule has 0 bridgehead atoms. The first-order chi connectivity index (χ1) is 11.3. The van der Waals surface area contributed by atoms with Gasteiger partial charge in [0.05, 0.1) is 17.6 Å². The minimum atomic E-state index is 0.00226. The van der Waals surface area contributed by atoms with Gasteiger partial charge in [0.1, 0.15) is 0 Å². The van der Waals surface area contributed by atoms with Crippen molar-refractivity contribution in [2.24, 2.45) is 17.3 Å². The van der Waals surface area contributed by atoms with Crippen LogP contribution < -0.4 is 0 Å². The van der Waals surface area contributed by atoms with Crippen LogP contribution in [-0.4, -0.2) is 17.4 Å². The topological polar surface area (TPSA) is 44.1 Å². The van der Waals surface area contributed by atoms with Gasteiger partial charge in [-0.3, -0.25) is 4.79 Å². The van der Waals surface area contributed by atoms with E-state index in [2.05, 4.69) is 46.4 Å². The third kappa shape index (κ3) is 3.76. The molecule has 126 valence electrons. The number of rotatable bonds is 6. The van der Waals surface area contributed by atoms with Crippen LogP contribution in [0.25, 0.3) is 0 Å². The first-order valence-electron chi connectivity index (χ1n) is 8.35. The van der Waals surface area contributed by atoms with Crippen molar-refractivity contribution in [1.29, 1.82) is 5.26 Å². The summed E-state index contributed by atoms with van der Waals surface area (Å²) in [6.07, 6.45) is 3.97. The first kappa shape index (κ1) is 18.0. The molecule has 1 aromatic carbocycles. The number of carbonyl (C=O) groups is 1. The molecule has 3 heteroatoms. The number of nitriles is 1. The minimum absolute atomic E-state index is 0.00226. The molecule has 1 aliphatic carbocycles. The monoisotopic (exact) mass is 322 g/mol. The molecule has 1 saturated carbocycles. The largest absolute Gasteiger partial charge is 0.334 e. The summed E-state index contributed by atoms with van der Waals surface area (Å²) in [7, 11) is 0. The highest BCUT2D eigenvalue weighted by Crippen LogP contribution is 2.60. The summed E-state index contributed by atoms with van der Waals surface area (Å²) in [5, 5.41) is 9.04. The van der Waals surface area contributed by atoms with Gasteiger partial charge in [0.2, 0.25) is 5.91 Å². The van der Waals surface area contributed by atoms with Crippen molar-refractivity contribution >= 4 is 5.91 Å². The second-order valence-electron chi connectivity index (χ2n) is 7.39. The van der Waals surface area contributed by atoms with Crippen molar-refractivity contribution in [3.05, 3.63) is 59.7 Å². The van der Waals surface area contributed by atoms with Gasteiger partial charge in [-0.15, -0.1) is 6.58 Å². The van der Waals surface area contributed by atoms with Crippen molar-refractivity contribution in [2.45, 2.75) is 34.2 Å². The molecule has 3 nitrogen and oxygen atoms in total. The van der Waals surface area contributed by atoms with Gasteiger partial charge in [-0.05, 0) is 42.9 Å². The summed E-state index contributed by atoms with van der Waals surface area (Å²) in [5.74, 6) is 0.490. The van der Waals surface area contributed by atoms with Gasteiger partial charge < -0.3 is 4.90 Å². The fourth-order valence-corrected chi connectivity index (χ4v) is 3.36. The SMILES string of the molecule is C=CCN(Cc1cccc(C#N)c1)C(=O)C1C(C=C(C)C)C1(C)C. The predicted octanol–water partition coefficient (Wildman–Crippen LogP) is 4.31. The quantitative estimate of drug-likeness (QED) is 0.732. The van der Waals surface area contributed by atoms with Crippen LogP contribution in [0.4, 0.5) is 0 Å². The molecule has 1 amide bonds. The summed E-state index contributed by atoms with van der Waals surface area (Å²) in [5.41, 5.74) is 2.84. The summed E-state index contributed by atoms with van der Waals surface area (Å²) in [6.45, 7) is 13.3. The Balaban J connectivity index is 2.18. The van der Waals surface area contributed by atoms with Gasteiger partial charge in [-0.2, -0.15) is 5.26 Å².